The summed E-state index contributed by atoms with van der Waals surface area (Å²) in [6.45, 7) is 3.47. The van der Waals surface area contributed by atoms with Crippen molar-refractivity contribution in [1.29, 1.82) is 0 Å². The summed E-state index contributed by atoms with van der Waals surface area (Å²) in [6.07, 6.45) is 1.04. The van der Waals surface area contributed by atoms with Gasteiger partial charge in [-0.05, 0) is 13.0 Å². The van der Waals surface area contributed by atoms with E-state index in [0.717, 1.165) is 30.0 Å². The third-order valence-electron chi connectivity index (χ3n) is 2.98. The third kappa shape index (κ3) is 3.75. The van der Waals surface area contributed by atoms with E-state index in [1.54, 1.807) is 21.3 Å². The molecule has 1 aromatic carbocycles. The zero-order valence-corrected chi connectivity index (χ0v) is 12.2. The Kier molecular flexibility index (Phi) is 6.45. The molecule has 0 fully saturated rings. The highest BCUT2D eigenvalue weighted by molar-refractivity contribution is 5.52. The number of ether oxygens (including phenoxy) is 3. The van der Waals surface area contributed by atoms with Crippen molar-refractivity contribution < 1.29 is 14.2 Å². The second-order valence-electron chi connectivity index (χ2n) is 4.19. The van der Waals surface area contributed by atoms with Crippen molar-refractivity contribution >= 4 is 0 Å². The Balaban J connectivity index is 3.20. The van der Waals surface area contributed by atoms with Crippen molar-refractivity contribution in [2.24, 2.45) is 5.73 Å². The Morgan fingerprint density at radius 3 is 2.05 bits per heavy atom. The molecule has 1 rings (SSSR count). The molecule has 0 aliphatic heterocycles. The first-order chi connectivity index (χ1) is 9.21. The minimum atomic E-state index is -0.00393. The van der Waals surface area contributed by atoms with Crippen LogP contribution < -0.4 is 25.3 Å². The predicted octanol–water partition coefficient (Wildman–Crippen LogP) is 1.71. The van der Waals surface area contributed by atoms with Gasteiger partial charge in [0.25, 0.3) is 0 Å². The topological polar surface area (TPSA) is 65.7 Å². The average Bonchev–Trinajstić information content (AvgIpc) is 2.47. The molecule has 19 heavy (non-hydrogen) atoms. The van der Waals surface area contributed by atoms with E-state index in [2.05, 4.69) is 12.2 Å². The van der Waals surface area contributed by atoms with E-state index < -0.39 is 0 Å². The molecule has 1 unspecified atom stereocenters. The molecular weight excluding hydrogens is 244 g/mol. The van der Waals surface area contributed by atoms with Crippen LogP contribution in [0.3, 0.4) is 0 Å². The average molecular weight is 268 g/mol. The summed E-state index contributed by atoms with van der Waals surface area (Å²) in [5.41, 5.74) is 6.79. The maximum absolute atomic E-state index is 5.86. The van der Waals surface area contributed by atoms with E-state index in [9.17, 15) is 0 Å². The highest BCUT2D eigenvalue weighted by atomic mass is 16.5. The SMILES string of the molecule is CCCNC(CN)c1c(OC)cc(OC)cc1OC. The normalized spacial score (nSPS) is 12.1. The van der Waals surface area contributed by atoms with Gasteiger partial charge in [-0.2, -0.15) is 0 Å². The van der Waals surface area contributed by atoms with E-state index >= 15 is 0 Å². The van der Waals surface area contributed by atoms with Crippen LogP contribution in [0.25, 0.3) is 0 Å². The van der Waals surface area contributed by atoms with Gasteiger partial charge in [0.2, 0.25) is 0 Å². The number of nitrogens with one attached hydrogen (secondary N) is 1. The molecule has 3 N–H and O–H groups in total. The lowest BCUT2D eigenvalue weighted by Crippen LogP contribution is -2.29. The number of rotatable bonds is 8. The summed E-state index contributed by atoms with van der Waals surface area (Å²) in [6, 6.07) is 3.68. The van der Waals surface area contributed by atoms with Crippen molar-refractivity contribution in [3.63, 3.8) is 0 Å². The zero-order valence-electron chi connectivity index (χ0n) is 12.2. The quantitative estimate of drug-likeness (QED) is 0.751. The molecule has 108 valence electrons. The van der Waals surface area contributed by atoms with Crippen LogP contribution in [0, 0.1) is 0 Å². The van der Waals surface area contributed by atoms with Gasteiger partial charge in [-0.1, -0.05) is 6.92 Å². The molecule has 5 heteroatoms. The van der Waals surface area contributed by atoms with Crippen molar-refractivity contribution in [3.8, 4) is 17.2 Å². The van der Waals surface area contributed by atoms with Gasteiger partial charge in [0.1, 0.15) is 17.2 Å². The fourth-order valence-electron chi connectivity index (χ4n) is 2.00. The number of benzene rings is 1. The third-order valence-corrected chi connectivity index (χ3v) is 2.98. The molecular formula is C14H24N2O3. The molecule has 0 amide bonds. The summed E-state index contributed by atoms with van der Waals surface area (Å²) >= 11 is 0. The molecule has 0 heterocycles. The number of hydrogen-bond acceptors (Lipinski definition) is 5. The first-order valence-corrected chi connectivity index (χ1v) is 6.45. The highest BCUT2D eigenvalue weighted by Crippen LogP contribution is 2.37. The first-order valence-electron chi connectivity index (χ1n) is 6.45. The second-order valence-corrected chi connectivity index (χ2v) is 4.19. The Morgan fingerprint density at radius 1 is 1.11 bits per heavy atom. The van der Waals surface area contributed by atoms with Gasteiger partial charge in [-0.15, -0.1) is 0 Å². The summed E-state index contributed by atoms with van der Waals surface area (Å²) in [5, 5.41) is 3.40. The van der Waals surface area contributed by atoms with Crippen molar-refractivity contribution in [2.45, 2.75) is 19.4 Å². The lowest BCUT2D eigenvalue weighted by atomic mass is 10.0. The Labute approximate surface area is 115 Å². The number of hydrogen-bond donors (Lipinski definition) is 2. The van der Waals surface area contributed by atoms with Crippen LogP contribution in [0.4, 0.5) is 0 Å². The molecule has 1 aromatic rings. The highest BCUT2D eigenvalue weighted by Gasteiger charge is 2.20. The molecule has 0 aliphatic rings. The molecule has 0 radical (unpaired) electrons. The van der Waals surface area contributed by atoms with Gasteiger partial charge in [0.15, 0.2) is 0 Å². The van der Waals surface area contributed by atoms with Gasteiger partial charge < -0.3 is 25.3 Å². The monoisotopic (exact) mass is 268 g/mol. The van der Waals surface area contributed by atoms with E-state index in [1.807, 2.05) is 12.1 Å². The van der Waals surface area contributed by atoms with Crippen molar-refractivity contribution in [1.82, 2.24) is 5.32 Å². The van der Waals surface area contributed by atoms with Crippen molar-refractivity contribution in [2.75, 3.05) is 34.4 Å². The Bertz CT molecular complexity index is 371. The van der Waals surface area contributed by atoms with Gasteiger partial charge in [-0.25, -0.2) is 0 Å². The van der Waals surface area contributed by atoms with Crippen LogP contribution in [0.5, 0.6) is 17.2 Å². The Morgan fingerprint density at radius 2 is 1.68 bits per heavy atom. The number of methoxy groups -OCH3 is 3. The van der Waals surface area contributed by atoms with Crippen molar-refractivity contribution in [3.05, 3.63) is 17.7 Å². The van der Waals surface area contributed by atoms with Gasteiger partial charge in [0.05, 0.1) is 32.9 Å². The van der Waals surface area contributed by atoms with Crippen LogP contribution in [0.15, 0.2) is 12.1 Å². The minimum absolute atomic E-state index is 0.00393. The fraction of sp³-hybridized carbons (Fsp3) is 0.571. The summed E-state index contributed by atoms with van der Waals surface area (Å²) < 4.78 is 16.1. The van der Waals surface area contributed by atoms with Gasteiger partial charge in [-0.3, -0.25) is 0 Å². The largest absolute Gasteiger partial charge is 0.496 e. The van der Waals surface area contributed by atoms with E-state index in [1.165, 1.54) is 0 Å². The van der Waals surface area contributed by atoms with E-state index in [0.29, 0.717) is 12.3 Å². The maximum atomic E-state index is 5.86. The van der Waals surface area contributed by atoms with E-state index in [-0.39, 0.29) is 6.04 Å². The van der Waals surface area contributed by atoms with Crippen LogP contribution in [-0.4, -0.2) is 34.4 Å². The maximum Gasteiger partial charge on any atom is 0.131 e. The van der Waals surface area contributed by atoms with Crippen LogP contribution >= 0.6 is 0 Å². The zero-order chi connectivity index (χ0) is 14.3. The summed E-state index contributed by atoms with van der Waals surface area (Å²) in [7, 11) is 4.87. The standard InChI is InChI=1S/C14H24N2O3/c1-5-6-16-11(9-15)14-12(18-3)7-10(17-2)8-13(14)19-4/h7-8,11,16H,5-6,9,15H2,1-4H3. The fourth-order valence-corrected chi connectivity index (χ4v) is 2.00. The summed E-state index contributed by atoms with van der Waals surface area (Å²) in [4.78, 5) is 0. The molecule has 1 atom stereocenters. The molecule has 0 aliphatic carbocycles. The lowest BCUT2D eigenvalue weighted by Gasteiger charge is -2.22. The molecule has 0 spiro atoms. The van der Waals surface area contributed by atoms with Gasteiger partial charge in [0, 0.05) is 18.7 Å². The smallest absolute Gasteiger partial charge is 0.131 e. The lowest BCUT2D eigenvalue weighted by molar-refractivity contribution is 0.358. The van der Waals surface area contributed by atoms with Gasteiger partial charge >= 0.3 is 0 Å². The van der Waals surface area contributed by atoms with Crippen LogP contribution in [0.1, 0.15) is 24.9 Å². The first kappa shape index (κ1) is 15.6. The number of nitrogens with two attached hydrogens (primary N) is 1. The predicted molar refractivity (Wildman–Crippen MR) is 76.2 cm³/mol. The molecule has 0 saturated heterocycles. The minimum Gasteiger partial charge on any atom is -0.496 e. The molecule has 0 bridgehead atoms. The van der Waals surface area contributed by atoms with Crippen LogP contribution in [-0.2, 0) is 0 Å². The van der Waals surface area contributed by atoms with E-state index in [4.69, 9.17) is 19.9 Å². The molecule has 0 aromatic heterocycles. The Hall–Kier alpha value is -1.46. The van der Waals surface area contributed by atoms with Crippen LogP contribution in [0.2, 0.25) is 0 Å². The molecule has 0 saturated carbocycles. The molecule has 5 nitrogen and oxygen atoms in total. The summed E-state index contributed by atoms with van der Waals surface area (Å²) in [5.74, 6) is 2.13. The second kappa shape index (κ2) is 7.86.